The monoisotopic (exact) mass is 327 g/mol. The van der Waals surface area contributed by atoms with Crippen LogP contribution in [-0.4, -0.2) is 12.3 Å². The summed E-state index contributed by atoms with van der Waals surface area (Å²) in [5.41, 5.74) is 0.925. The fourth-order valence-electron chi connectivity index (χ4n) is 2.84. The summed E-state index contributed by atoms with van der Waals surface area (Å²) in [6.45, 7) is 7.85. The maximum Gasteiger partial charge on any atom is 0.573 e. The molecule has 2 atom stereocenters. The van der Waals surface area contributed by atoms with E-state index in [1.165, 1.54) is 18.2 Å². The van der Waals surface area contributed by atoms with Crippen molar-refractivity contribution in [3.8, 4) is 5.75 Å². The predicted molar refractivity (Wildman–Crippen MR) is 81.9 cm³/mol. The Kier molecular flexibility index (Phi) is 4.46. The molecule has 0 aromatic heterocycles. The van der Waals surface area contributed by atoms with Crippen molar-refractivity contribution in [1.82, 2.24) is 0 Å². The molecule has 3 nitrogen and oxygen atoms in total. The van der Waals surface area contributed by atoms with Crippen molar-refractivity contribution in [2.75, 3.05) is 5.32 Å². The van der Waals surface area contributed by atoms with E-state index in [0.717, 1.165) is 5.57 Å². The van der Waals surface area contributed by atoms with Gasteiger partial charge in [0.2, 0.25) is 5.91 Å². The molecule has 1 fully saturated rings. The Bertz CT molecular complexity index is 631. The lowest BCUT2D eigenvalue weighted by Gasteiger charge is -2.14. The van der Waals surface area contributed by atoms with Gasteiger partial charge in [0.05, 0.1) is 11.6 Å². The molecule has 23 heavy (non-hydrogen) atoms. The van der Waals surface area contributed by atoms with Gasteiger partial charge in [0.1, 0.15) is 0 Å². The van der Waals surface area contributed by atoms with E-state index in [0.29, 0.717) is 0 Å². The van der Waals surface area contributed by atoms with Gasteiger partial charge in [-0.1, -0.05) is 37.6 Å². The molecule has 0 bridgehead atoms. The fraction of sp³-hybridized carbons (Fsp3) is 0.471. The number of allylic oxidation sites excluding steroid dienone is 2. The van der Waals surface area contributed by atoms with Crippen molar-refractivity contribution in [3.63, 3.8) is 0 Å². The third-order valence-electron chi connectivity index (χ3n) is 4.08. The van der Waals surface area contributed by atoms with Crippen LogP contribution >= 0.6 is 0 Å². The van der Waals surface area contributed by atoms with Crippen LogP contribution in [0.4, 0.5) is 18.9 Å². The van der Waals surface area contributed by atoms with Gasteiger partial charge in [-0.2, -0.15) is 0 Å². The first-order valence-electron chi connectivity index (χ1n) is 7.33. The van der Waals surface area contributed by atoms with Crippen molar-refractivity contribution in [3.05, 3.63) is 35.9 Å². The van der Waals surface area contributed by atoms with Crippen molar-refractivity contribution < 1.29 is 22.7 Å². The van der Waals surface area contributed by atoms with Crippen LogP contribution in [0.25, 0.3) is 0 Å². The van der Waals surface area contributed by atoms with E-state index in [2.05, 4.69) is 10.1 Å². The minimum absolute atomic E-state index is 0.0217. The zero-order valence-electron chi connectivity index (χ0n) is 13.5. The van der Waals surface area contributed by atoms with E-state index >= 15 is 0 Å². The van der Waals surface area contributed by atoms with Gasteiger partial charge in [-0.15, -0.1) is 13.2 Å². The molecule has 0 heterocycles. The summed E-state index contributed by atoms with van der Waals surface area (Å²) in [6, 6.07) is 5.53. The summed E-state index contributed by atoms with van der Waals surface area (Å²) < 4.78 is 41.2. The second kappa shape index (κ2) is 5.91. The number of hydrogen-bond acceptors (Lipinski definition) is 2. The number of benzene rings is 1. The first kappa shape index (κ1) is 17.4. The zero-order valence-corrected chi connectivity index (χ0v) is 13.5. The average molecular weight is 327 g/mol. The number of rotatable bonds is 4. The van der Waals surface area contributed by atoms with E-state index in [9.17, 15) is 18.0 Å². The normalized spacial score (nSPS) is 22.2. The summed E-state index contributed by atoms with van der Waals surface area (Å²) in [7, 11) is 0. The van der Waals surface area contributed by atoms with Crippen molar-refractivity contribution in [2.45, 2.75) is 34.1 Å². The van der Waals surface area contributed by atoms with Crippen LogP contribution in [0.3, 0.4) is 0 Å². The Balaban J connectivity index is 2.15. The van der Waals surface area contributed by atoms with Crippen molar-refractivity contribution in [2.24, 2.45) is 17.3 Å². The lowest BCUT2D eigenvalue weighted by Crippen LogP contribution is -2.21. The van der Waals surface area contributed by atoms with Gasteiger partial charge in [-0.3, -0.25) is 4.79 Å². The standard InChI is InChI=1S/C17H20F3NO2/c1-10(2)9-11-14(16(11,3)4)15(22)21-12-7-5-6-8-13(12)23-17(18,19)20/h5-9,11,14H,1-4H3,(H,21,22)/t11-,14-/m1/s1. The van der Waals surface area contributed by atoms with Crippen LogP contribution in [0.15, 0.2) is 35.9 Å². The summed E-state index contributed by atoms with van der Waals surface area (Å²) in [5.74, 6) is -0.888. The minimum Gasteiger partial charge on any atom is -0.404 e. The van der Waals surface area contributed by atoms with E-state index in [-0.39, 0.29) is 28.8 Å². The minimum atomic E-state index is -4.80. The molecular formula is C17H20F3NO2. The summed E-state index contributed by atoms with van der Waals surface area (Å²) in [6.07, 6.45) is -2.77. The second-order valence-corrected chi connectivity index (χ2v) is 6.60. The Morgan fingerprint density at radius 1 is 1.26 bits per heavy atom. The molecule has 1 N–H and O–H groups in total. The Morgan fingerprint density at radius 3 is 2.43 bits per heavy atom. The first-order valence-corrected chi connectivity index (χ1v) is 7.33. The third kappa shape index (κ3) is 4.06. The number of ether oxygens (including phenoxy) is 1. The van der Waals surface area contributed by atoms with Gasteiger partial charge in [0.25, 0.3) is 0 Å². The summed E-state index contributed by atoms with van der Waals surface area (Å²) in [4.78, 5) is 12.4. The largest absolute Gasteiger partial charge is 0.573 e. The Morgan fingerprint density at radius 2 is 1.87 bits per heavy atom. The molecule has 0 radical (unpaired) electrons. The molecule has 0 unspecified atom stereocenters. The molecule has 1 saturated carbocycles. The summed E-state index contributed by atoms with van der Waals surface area (Å²) in [5, 5.41) is 2.56. The number of para-hydroxylation sites is 2. The lowest BCUT2D eigenvalue weighted by molar-refractivity contribution is -0.274. The quantitative estimate of drug-likeness (QED) is 0.810. The third-order valence-corrected chi connectivity index (χ3v) is 4.08. The van der Waals surface area contributed by atoms with Crippen LogP contribution in [0, 0.1) is 17.3 Å². The molecule has 0 aliphatic heterocycles. The SMILES string of the molecule is CC(C)=C[C@@H]1[C@H](C(=O)Nc2ccccc2OC(F)(F)F)C1(C)C. The van der Waals surface area contributed by atoms with Gasteiger partial charge in [-0.05, 0) is 37.3 Å². The number of carbonyl (C=O) groups excluding carboxylic acids is 1. The highest BCUT2D eigenvalue weighted by Gasteiger charge is 2.60. The molecular weight excluding hydrogens is 307 g/mol. The van der Waals surface area contributed by atoms with Crippen LogP contribution in [0.1, 0.15) is 27.7 Å². The highest BCUT2D eigenvalue weighted by atomic mass is 19.4. The number of anilines is 1. The van der Waals surface area contributed by atoms with Crippen LogP contribution in [0.2, 0.25) is 0 Å². The average Bonchev–Trinajstić information content (AvgIpc) is 2.90. The van der Waals surface area contributed by atoms with Crippen molar-refractivity contribution in [1.29, 1.82) is 0 Å². The highest BCUT2D eigenvalue weighted by Crippen LogP contribution is 2.59. The van der Waals surface area contributed by atoms with E-state index in [4.69, 9.17) is 0 Å². The molecule has 6 heteroatoms. The van der Waals surface area contributed by atoms with Gasteiger partial charge in [0, 0.05) is 0 Å². The molecule has 1 aliphatic carbocycles. The first-order chi connectivity index (χ1) is 10.5. The lowest BCUT2D eigenvalue weighted by atomic mass is 10.1. The highest BCUT2D eigenvalue weighted by molar-refractivity contribution is 5.96. The Hall–Kier alpha value is -1.98. The molecule has 1 aromatic rings. The number of hydrogen-bond donors (Lipinski definition) is 1. The zero-order chi connectivity index (χ0) is 17.4. The fourth-order valence-corrected chi connectivity index (χ4v) is 2.84. The molecule has 1 aromatic carbocycles. The topological polar surface area (TPSA) is 38.3 Å². The Labute approximate surface area is 133 Å². The number of nitrogens with one attached hydrogen (secondary N) is 1. The molecule has 126 valence electrons. The van der Waals surface area contributed by atoms with Crippen LogP contribution in [-0.2, 0) is 4.79 Å². The van der Waals surface area contributed by atoms with Gasteiger partial charge >= 0.3 is 6.36 Å². The van der Waals surface area contributed by atoms with Gasteiger partial charge < -0.3 is 10.1 Å². The number of alkyl halides is 3. The molecule has 0 spiro atoms. The van der Waals surface area contributed by atoms with Crippen LogP contribution < -0.4 is 10.1 Å². The maximum atomic E-state index is 12.4. The number of halogens is 3. The maximum absolute atomic E-state index is 12.4. The molecule has 0 saturated heterocycles. The number of carbonyl (C=O) groups is 1. The van der Waals surface area contributed by atoms with E-state index in [1.54, 1.807) is 6.07 Å². The smallest absolute Gasteiger partial charge is 0.404 e. The molecule has 2 rings (SSSR count). The summed E-state index contributed by atoms with van der Waals surface area (Å²) >= 11 is 0. The van der Waals surface area contributed by atoms with E-state index in [1.807, 2.05) is 33.8 Å². The molecule has 1 aliphatic rings. The van der Waals surface area contributed by atoms with Crippen LogP contribution in [0.5, 0.6) is 5.75 Å². The second-order valence-electron chi connectivity index (χ2n) is 6.60. The molecule has 1 amide bonds. The number of amides is 1. The van der Waals surface area contributed by atoms with E-state index < -0.39 is 12.1 Å². The van der Waals surface area contributed by atoms with Crippen molar-refractivity contribution >= 4 is 11.6 Å². The van der Waals surface area contributed by atoms with Gasteiger partial charge in [-0.25, -0.2) is 0 Å². The predicted octanol–water partition coefficient (Wildman–Crippen LogP) is 4.76. The van der Waals surface area contributed by atoms with Gasteiger partial charge in [0.15, 0.2) is 5.75 Å².